The first-order valence-corrected chi connectivity index (χ1v) is 4.29. The molecular formula is C8H5BrF2O3. The van der Waals surface area contributed by atoms with Crippen LogP contribution in [0.25, 0.3) is 0 Å². The van der Waals surface area contributed by atoms with Gasteiger partial charge >= 0.3 is 5.97 Å². The first kappa shape index (κ1) is 10.9. The summed E-state index contributed by atoms with van der Waals surface area (Å²) in [7, 11) is 0. The van der Waals surface area contributed by atoms with Crippen molar-refractivity contribution in [2.75, 3.05) is 6.61 Å². The molecule has 0 amide bonds. The van der Waals surface area contributed by atoms with Crippen LogP contribution in [0, 0.1) is 11.6 Å². The Hall–Kier alpha value is -1.17. The van der Waals surface area contributed by atoms with Crippen molar-refractivity contribution in [1.82, 2.24) is 0 Å². The number of carboxylic acids is 1. The van der Waals surface area contributed by atoms with E-state index in [0.717, 1.165) is 12.1 Å². The largest absolute Gasteiger partial charge is 0.479 e. The van der Waals surface area contributed by atoms with Crippen LogP contribution in [0.1, 0.15) is 0 Å². The van der Waals surface area contributed by atoms with E-state index in [1.54, 1.807) is 0 Å². The van der Waals surface area contributed by atoms with Gasteiger partial charge in [0.05, 0.1) is 0 Å². The third-order valence-electron chi connectivity index (χ3n) is 1.31. The second kappa shape index (κ2) is 4.36. The molecule has 0 spiro atoms. The van der Waals surface area contributed by atoms with E-state index in [1.165, 1.54) is 0 Å². The van der Waals surface area contributed by atoms with E-state index >= 15 is 0 Å². The van der Waals surface area contributed by atoms with Crippen LogP contribution in [0.2, 0.25) is 0 Å². The van der Waals surface area contributed by atoms with Crippen molar-refractivity contribution in [2.24, 2.45) is 0 Å². The van der Waals surface area contributed by atoms with Crippen LogP contribution in [0.4, 0.5) is 8.78 Å². The van der Waals surface area contributed by atoms with Gasteiger partial charge in [0.1, 0.15) is 0 Å². The summed E-state index contributed by atoms with van der Waals surface area (Å²) in [5.74, 6) is -3.99. The van der Waals surface area contributed by atoms with Gasteiger partial charge in [0.2, 0.25) is 5.82 Å². The smallest absolute Gasteiger partial charge is 0.341 e. The lowest BCUT2D eigenvalue weighted by Crippen LogP contribution is -2.10. The molecule has 0 aromatic heterocycles. The van der Waals surface area contributed by atoms with E-state index in [4.69, 9.17) is 5.11 Å². The van der Waals surface area contributed by atoms with E-state index in [1.807, 2.05) is 0 Å². The molecule has 0 saturated heterocycles. The lowest BCUT2D eigenvalue weighted by atomic mass is 10.3. The first-order valence-electron chi connectivity index (χ1n) is 3.50. The Morgan fingerprint density at radius 2 is 2.14 bits per heavy atom. The summed E-state index contributed by atoms with van der Waals surface area (Å²) in [5.41, 5.74) is 0. The van der Waals surface area contributed by atoms with Gasteiger partial charge in [0.15, 0.2) is 18.2 Å². The fourth-order valence-electron chi connectivity index (χ4n) is 0.777. The molecule has 14 heavy (non-hydrogen) atoms. The van der Waals surface area contributed by atoms with Gasteiger partial charge in [0.25, 0.3) is 0 Å². The number of ether oxygens (including phenoxy) is 1. The highest BCUT2D eigenvalue weighted by Gasteiger charge is 2.12. The average molecular weight is 267 g/mol. The summed E-state index contributed by atoms with van der Waals surface area (Å²) in [6.45, 7) is -0.715. The Labute approximate surface area is 86.4 Å². The molecule has 6 heteroatoms. The van der Waals surface area contributed by atoms with Crippen molar-refractivity contribution in [3.05, 3.63) is 28.2 Å². The molecule has 0 atom stereocenters. The molecule has 1 aromatic rings. The molecule has 0 aliphatic carbocycles. The number of carboxylic acid groups (broad SMARTS) is 1. The number of hydrogen-bond donors (Lipinski definition) is 1. The summed E-state index contributed by atoms with van der Waals surface area (Å²) in [4.78, 5) is 10.1. The minimum Gasteiger partial charge on any atom is -0.479 e. The van der Waals surface area contributed by atoms with Gasteiger partial charge in [-0.15, -0.1) is 0 Å². The van der Waals surface area contributed by atoms with Crippen LogP contribution in [0.5, 0.6) is 5.75 Å². The molecule has 1 rings (SSSR count). The highest BCUT2D eigenvalue weighted by Crippen LogP contribution is 2.25. The fraction of sp³-hybridized carbons (Fsp3) is 0.125. The van der Waals surface area contributed by atoms with Gasteiger partial charge in [-0.3, -0.25) is 0 Å². The van der Waals surface area contributed by atoms with Crippen molar-refractivity contribution in [3.63, 3.8) is 0 Å². The number of carbonyl (C=O) groups is 1. The van der Waals surface area contributed by atoms with Crippen LogP contribution in [0.15, 0.2) is 16.6 Å². The molecular weight excluding hydrogens is 262 g/mol. The first-order chi connectivity index (χ1) is 6.50. The molecule has 0 heterocycles. The molecule has 0 radical (unpaired) electrons. The Balaban J connectivity index is 2.90. The minimum absolute atomic E-state index is 0.275. The minimum atomic E-state index is -1.26. The lowest BCUT2D eigenvalue weighted by molar-refractivity contribution is -0.139. The van der Waals surface area contributed by atoms with Gasteiger partial charge in [-0.2, -0.15) is 4.39 Å². The Morgan fingerprint density at radius 1 is 1.50 bits per heavy atom. The van der Waals surface area contributed by atoms with E-state index in [2.05, 4.69) is 20.7 Å². The second-order valence-electron chi connectivity index (χ2n) is 2.38. The van der Waals surface area contributed by atoms with Crippen molar-refractivity contribution in [2.45, 2.75) is 0 Å². The second-order valence-corrected chi connectivity index (χ2v) is 3.30. The third-order valence-corrected chi connectivity index (χ3v) is 1.77. The van der Waals surface area contributed by atoms with Crippen LogP contribution >= 0.6 is 15.9 Å². The van der Waals surface area contributed by atoms with Crippen molar-refractivity contribution in [1.29, 1.82) is 0 Å². The normalized spacial score (nSPS) is 9.93. The molecule has 0 fully saturated rings. The summed E-state index contributed by atoms with van der Waals surface area (Å²) in [5, 5.41) is 8.25. The molecule has 0 aliphatic rings. The number of benzene rings is 1. The highest BCUT2D eigenvalue weighted by molar-refractivity contribution is 9.10. The third kappa shape index (κ3) is 2.66. The summed E-state index contributed by atoms with van der Waals surface area (Å²) in [6.07, 6.45) is 0. The Morgan fingerprint density at radius 3 is 2.71 bits per heavy atom. The molecule has 0 unspecified atom stereocenters. The van der Waals surface area contributed by atoms with Crippen LogP contribution in [-0.4, -0.2) is 17.7 Å². The van der Waals surface area contributed by atoms with Gasteiger partial charge < -0.3 is 9.84 Å². The zero-order valence-corrected chi connectivity index (χ0v) is 8.35. The SMILES string of the molecule is O=C(O)COc1cc(Br)cc(F)c1F. The number of halogens is 3. The molecule has 1 N–H and O–H groups in total. The topological polar surface area (TPSA) is 46.5 Å². The molecule has 1 aromatic carbocycles. The maximum absolute atomic E-state index is 12.9. The Kier molecular flexibility index (Phi) is 3.40. The molecule has 0 aliphatic heterocycles. The molecule has 3 nitrogen and oxygen atoms in total. The van der Waals surface area contributed by atoms with Crippen LogP contribution in [0.3, 0.4) is 0 Å². The van der Waals surface area contributed by atoms with E-state index in [9.17, 15) is 13.6 Å². The van der Waals surface area contributed by atoms with Gasteiger partial charge in [0, 0.05) is 4.47 Å². The number of aliphatic carboxylic acids is 1. The molecule has 0 bridgehead atoms. The number of rotatable bonds is 3. The summed E-state index contributed by atoms with van der Waals surface area (Å²) >= 11 is 2.92. The lowest BCUT2D eigenvalue weighted by Gasteiger charge is -2.05. The maximum Gasteiger partial charge on any atom is 0.341 e. The monoisotopic (exact) mass is 266 g/mol. The molecule has 76 valence electrons. The average Bonchev–Trinajstić information content (AvgIpc) is 2.08. The predicted octanol–water partition coefficient (Wildman–Crippen LogP) is 2.19. The van der Waals surface area contributed by atoms with E-state index < -0.39 is 30.0 Å². The molecule has 0 saturated carbocycles. The van der Waals surface area contributed by atoms with Crippen LogP contribution < -0.4 is 4.74 Å². The summed E-state index contributed by atoms with van der Waals surface area (Å²) in [6, 6.07) is 2.07. The zero-order chi connectivity index (χ0) is 10.7. The standard InChI is InChI=1S/C8H5BrF2O3/c9-4-1-5(10)8(11)6(2-4)14-3-7(12)13/h1-2H,3H2,(H,12,13). The predicted molar refractivity (Wildman–Crippen MR) is 47.2 cm³/mol. The fourth-order valence-corrected chi connectivity index (χ4v) is 1.19. The van der Waals surface area contributed by atoms with Gasteiger partial charge in [-0.1, -0.05) is 15.9 Å². The van der Waals surface area contributed by atoms with Gasteiger partial charge in [-0.25, -0.2) is 9.18 Å². The van der Waals surface area contributed by atoms with Crippen molar-refractivity contribution < 1.29 is 23.4 Å². The number of hydrogen-bond acceptors (Lipinski definition) is 2. The quantitative estimate of drug-likeness (QED) is 0.854. The maximum atomic E-state index is 12.9. The Bertz CT molecular complexity index is 368. The van der Waals surface area contributed by atoms with E-state index in [0.29, 0.717) is 0 Å². The van der Waals surface area contributed by atoms with Crippen molar-refractivity contribution in [3.8, 4) is 5.75 Å². The van der Waals surface area contributed by atoms with Gasteiger partial charge in [-0.05, 0) is 12.1 Å². The highest BCUT2D eigenvalue weighted by atomic mass is 79.9. The summed E-state index contributed by atoms with van der Waals surface area (Å²) < 4.78 is 30.4. The van der Waals surface area contributed by atoms with E-state index in [-0.39, 0.29) is 4.47 Å². The van der Waals surface area contributed by atoms with Crippen LogP contribution in [-0.2, 0) is 4.79 Å². The zero-order valence-electron chi connectivity index (χ0n) is 6.76. The van der Waals surface area contributed by atoms with Crippen molar-refractivity contribution >= 4 is 21.9 Å².